The summed E-state index contributed by atoms with van der Waals surface area (Å²) in [6.45, 7) is 0. The number of carbonyl (C=O) groups is 1. The molecule has 106 valence electrons. The van der Waals surface area contributed by atoms with Crippen LogP contribution in [0.25, 0.3) is 0 Å². The van der Waals surface area contributed by atoms with Gasteiger partial charge in [-0.3, -0.25) is 4.79 Å². The van der Waals surface area contributed by atoms with Crippen LogP contribution in [0.1, 0.15) is 29.6 Å². The molecule has 4 heteroatoms. The summed E-state index contributed by atoms with van der Waals surface area (Å²) in [5, 5.41) is 3.23. The number of amides is 1. The van der Waals surface area contributed by atoms with Crippen LogP contribution in [0.3, 0.4) is 0 Å². The van der Waals surface area contributed by atoms with Crippen molar-refractivity contribution in [2.75, 3.05) is 7.11 Å². The van der Waals surface area contributed by atoms with E-state index in [0.717, 1.165) is 28.1 Å². The molecule has 3 aliphatic carbocycles. The second kappa shape index (κ2) is 4.48. The largest absolute Gasteiger partial charge is 0.496 e. The molecular weight excluding hydrogens is 318 g/mol. The first-order chi connectivity index (χ1) is 9.69. The van der Waals surface area contributed by atoms with Crippen molar-refractivity contribution in [1.82, 2.24) is 5.32 Å². The lowest BCUT2D eigenvalue weighted by molar-refractivity contribution is 0.0941. The van der Waals surface area contributed by atoms with Crippen molar-refractivity contribution in [3.05, 3.63) is 28.2 Å². The monoisotopic (exact) mass is 335 g/mol. The lowest BCUT2D eigenvalue weighted by Gasteiger charge is -2.12. The number of hydrogen-bond acceptors (Lipinski definition) is 2. The molecule has 3 aliphatic rings. The fourth-order valence-electron chi connectivity index (χ4n) is 4.60. The molecular formula is C16H18BrNO2. The molecule has 3 nitrogen and oxygen atoms in total. The van der Waals surface area contributed by atoms with Crippen LogP contribution >= 0.6 is 15.9 Å². The number of nitrogens with one attached hydrogen (secondary N) is 1. The minimum atomic E-state index is 0.00755. The number of carbonyl (C=O) groups excluding carboxylic acids is 1. The molecule has 1 amide bonds. The smallest absolute Gasteiger partial charge is 0.255 e. The Morgan fingerprint density at radius 2 is 2.00 bits per heavy atom. The maximum absolute atomic E-state index is 12.4. The quantitative estimate of drug-likeness (QED) is 0.920. The van der Waals surface area contributed by atoms with Gasteiger partial charge in [0.25, 0.3) is 5.91 Å². The highest BCUT2D eigenvalue weighted by Crippen LogP contribution is 2.65. The Morgan fingerprint density at radius 1 is 1.30 bits per heavy atom. The van der Waals surface area contributed by atoms with Crippen molar-refractivity contribution >= 4 is 21.8 Å². The van der Waals surface area contributed by atoms with Gasteiger partial charge in [-0.2, -0.15) is 0 Å². The molecule has 0 spiro atoms. The van der Waals surface area contributed by atoms with Crippen LogP contribution in [0, 0.1) is 23.7 Å². The third-order valence-corrected chi connectivity index (χ3v) is 5.93. The molecule has 0 aromatic heterocycles. The highest BCUT2D eigenvalue weighted by atomic mass is 79.9. The van der Waals surface area contributed by atoms with Crippen LogP contribution in [-0.4, -0.2) is 19.1 Å². The van der Waals surface area contributed by atoms with Gasteiger partial charge in [-0.05, 0) is 61.1 Å². The second-order valence-corrected chi connectivity index (χ2v) is 7.25. The normalized spacial score (nSPS) is 36.6. The third kappa shape index (κ3) is 1.80. The number of rotatable bonds is 3. The van der Waals surface area contributed by atoms with Gasteiger partial charge in [0.2, 0.25) is 0 Å². The van der Waals surface area contributed by atoms with Crippen molar-refractivity contribution in [2.24, 2.45) is 23.7 Å². The third-order valence-electron chi connectivity index (χ3n) is 5.44. The summed E-state index contributed by atoms with van der Waals surface area (Å²) in [5.74, 6) is 3.92. The number of ether oxygens (including phenoxy) is 1. The maximum Gasteiger partial charge on any atom is 0.255 e. The van der Waals surface area contributed by atoms with Gasteiger partial charge in [-0.15, -0.1) is 0 Å². The highest BCUT2D eigenvalue weighted by molar-refractivity contribution is 9.10. The lowest BCUT2D eigenvalue weighted by atomic mass is 10.0. The molecule has 3 saturated carbocycles. The number of hydrogen-bond donors (Lipinski definition) is 1. The Hall–Kier alpha value is -1.03. The Bertz CT molecular complexity index is 558. The van der Waals surface area contributed by atoms with Crippen LogP contribution in [0.5, 0.6) is 5.75 Å². The molecule has 0 aliphatic heterocycles. The predicted molar refractivity (Wildman–Crippen MR) is 79.8 cm³/mol. The Kier molecular flexibility index (Phi) is 2.85. The molecule has 2 bridgehead atoms. The molecule has 4 atom stereocenters. The van der Waals surface area contributed by atoms with E-state index in [4.69, 9.17) is 4.74 Å². The molecule has 1 aromatic rings. The standard InChI is InChI=1S/C16H18BrNO2/c1-20-12-7-10(17)4-5-11(12)16(19)18-15-13-8-2-3-9(6-8)14(13)15/h4-5,7-9,13-15H,2-3,6H2,1H3,(H,18,19). The fourth-order valence-corrected chi connectivity index (χ4v) is 4.94. The van der Waals surface area contributed by atoms with E-state index in [-0.39, 0.29) is 5.91 Å². The summed E-state index contributed by atoms with van der Waals surface area (Å²) >= 11 is 3.40. The number of fused-ring (bicyclic) bond motifs is 5. The zero-order valence-electron chi connectivity index (χ0n) is 11.4. The fraction of sp³-hybridized carbons (Fsp3) is 0.562. The predicted octanol–water partition coefficient (Wildman–Crippen LogP) is 3.23. The Balaban J connectivity index is 1.49. The van der Waals surface area contributed by atoms with Crippen molar-refractivity contribution in [2.45, 2.75) is 25.3 Å². The first-order valence-corrected chi connectivity index (χ1v) is 8.12. The van der Waals surface area contributed by atoms with Gasteiger partial charge in [0, 0.05) is 10.5 Å². The van der Waals surface area contributed by atoms with Gasteiger partial charge >= 0.3 is 0 Å². The molecule has 4 unspecified atom stereocenters. The summed E-state index contributed by atoms with van der Waals surface area (Å²) in [6, 6.07) is 5.97. The number of methoxy groups -OCH3 is 1. The second-order valence-electron chi connectivity index (χ2n) is 6.33. The van der Waals surface area contributed by atoms with E-state index in [0.29, 0.717) is 17.4 Å². The lowest BCUT2D eigenvalue weighted by Crippen LogP contribution is -2.30. The van der Waals surface area contributed by atoms with E-state index in [1.165, 1.54) is 19.3 Å². The summed E-state index contributed by atoms with van der Waals surface area (Å²) in [6.07, 6.45) is 4.16. The highest BCUT2D eigenvalue weighted by Gasteiger charge is 2.65. The zero-order chi connectivity index (χ0) is 13.9. The topological polar surface area (TPSA) is 38.3 Å². The minimum Gasteiger partial charge on any atom is -0.496 e. The summed E-state index contributed by atoms with van der Waals surface area (Å²) in [5.41, 5.74) is 0.632. The first-order valence-electron chi connectivity index (χ1n) is 7.33. The van der Waals surface area contributed by atoms with Gasteiger partial charge in [-0.25, -0.2) is 0 Å². The van der Waals surface area contributed by atoms with E-state index >= 15 is 0 Å². The SMILES string of the molecule is COc1cc(Br)ccc1C(=O)NC1C2C3CCC(C3)C12. The van der Waals surface area contributed by atoms with Gasteiger partial charge in [0.15, 0.2) is 0 Å². The van der Waals surface area contributed by atoms with Crippen molar-refractivity contribution in [3.63, 3.8) is 0 Å². The van der Waals surface area contributed by atoms with Crippen LogP contribution in [0.4, 0.5) is 0 Å². The van der Waals surface area contributed by atoms with E-state index in [1.807, 2.05) is 18.2 Å². The number of benzene rings is 1. The van der Waals surface area contributed by atoms with Gasteiger partial charge < -0.3 is 10.1 Å². The maximum atomic E-state index is 12.4. The minimum absolute atomic E-state index is 0.00755. The average molecular weight is 336 g/mol. The molecule has 0 radical (unpaired) electrons. The first kappa shape index (κ1) is 12.7. The molecule has 1 N–H and O–H groups in total. The molecule has 1 aromatic carbocycles. The van der Waals surface area contributed by atoms with Gasteiger partial charge in [0.05, 0.1) is 12.7 Å². The van der Waals surface area contributed by atoms with Gasteiger partial charge in [0.1, 0.15) is 5.75 Å². The van der Waals surface area contributed by atoms with Crippen LogP contribution in [-0.2, 0) is 0 Å². The summed E-state index contributed by atoms with van der Waals surface area (Å²) < 4.78 is 6.23. The number of halogens is 1. The Morgan fingerprint density at radius 3 is 2.65 bits per heavy atom. The molecule has 3 fully saturated rings. The van der Waals surface area contributed by atoms with Crippen LogP contribution in [0.2, 0.25) is 0 Å². The zero-order valence-corrected chi connectivity index (χ0v) is 13.0. The van der Waals surface area contributed by atoms with E-state index in [2.05, 4.69) is 21.2 Å². The van der Waals surface area contributed by atoms with Crippen molar-refractivity contribution in [1.29, 1.82) is 0 Å². The average Bonchev–Trinajstić information content (AvgIpc) is 2.84. The molecule has 4 rings (SSSR count). The summed E-state index contributed by atoms with van der Waals surface area (Å²) in [4.78, 5) is 12.4. The van der Waals surface area contributed by atoms with Crippen LogP contribution < -0.4 is 10.1 Å². The molecule has 20 heavy (non-hydrogen) atoms. The van der Waals surface area contributed by atoms with Crippen LogP contribution in [0.15, 0.2) is 22.7 Å². The Labute approximate surface area is 127 Å². The van der Waals surface area contributed by atoms with E-state index in [9.17, 15) is 4.79 Å². The molecule has 0 saturated heterocycles. The van der Waals surface area contributed by atoms with E-state index in [1.54, 1.807) is 7.11 Å². The molecule has 0 heterocycles. The summed E-state index contributed by atoms with van der Waals surface area (Å²) in [7, 11) is 1.60. The van der Waals surface area contributed by atoms with Crippen molar-refractivity contribution < 1.29 is 9.53 Å². The van der Waals surface area contributed by atoms with Crippen molar-refractivity contribution in [3.8, 4) is 5.75 Å². The van der Waals surface area contributed by atoms with E-state index < -0.39 is 0 Å². The van der Waals surface area contributed by atoms with Gasteiger partial charge in [-0.1, -0.05) is 15.9 Å².